The summed E-state index contributed by atoms with van der Waals surface area (Å²) in [5.41, 5.74) is 12.1. The minimum atomic E-state index is 0.550. The molecule has 1 aliphatic rings. The first-order valence-electron chi connectivity index (χ1n) is 18.3. The van der Waals surface area contributed by atoms with Gasteiger partial charge < -0.3 is 13.4 Å². The molecule has 0 amide bonds. The van der Waals surface area contributed by atoms with Gasteiger partial charge in [0, 0.05) is 38.7 Å². The zero-order valence-corrected chi connectivity index (χ0v) is 29.4. The molecule has 8 nitrogen and oxygen atoms in total. The summed E-state index contributed by atoms with van der Waals surface area (Å²) in [6.07, 6.45) is 9.91. The number of hydrogen-bond acceptors (Lipinski definition) is 7. The number of para-hydroxylation sites is 1. The number of rotatable bonds is 6. The Morgan fingerprint density at radius 1 is 0.509 bits per heavy atom. The van der Waals surface area contributed by atoms with E-state index in [0.29, 0.717) is 28.9 Å². The molecule has 4 heterocycles. The van der Waals surface area contributed by atoms with E-state index in [1.54, 1.807) is 0 Å². The fourth-order valence-corrected chi connectivity index (χ4v) is 7.56. The van der Waals surface area contributed by atoms with Gasteiger partial charge in [0.15, 0.2) is 35.0 Å². The lowest BCUT2D eigenvalue weighted by molar-refractivity contribution is 0.602. The highest BCUT2D eigenvalue weighted by atomic mass is 16.3. The summed E-state index contributed by atoms with van der Waals surface area (Å²) in [7, 11) is 0. The maximum absolute atomic E-state index is 6.45. The average molecular weight is 711 g/mol. The van der Waals surface area contributed by atoms with Crippen LogP contribution in [0.4, 0.5) is 0 Å². The van der Waals surface area contributed by atoms with Gasteiger partial charge in [0.25, 0.3) is 0 Å². The molecule has 0 aliphatic heterocycles. The Bertz CT molecular complexity index is 3170. The first kappa shape index (κ1) is 31.1. The van der Waals surface area contributed by atoms with Crippen molar-refractivity contribution in [3.05, 3.63) is 164 Å². The Kier molecular flexibility index (Phi) is 7.13. The largest absolute Gasteiger partial charge is 0.443 e. The van der Waals surface area contributed by atoms with E-state index >= 15 is 0 Å². The summed E-state index contributed by atoms with van der Waals surface area (Å²) in [5.74, 6) is 2.42. The normalized spacial score (nSPS) is 13.0. The first-order chi connectivity index (χ1) is 27.2. The predicted molar refractivity (Wildman–Crippen MR) is 217 cm³/mol. The van der Waals surface area contributed by atoms with Crippen LogP contribution in [0.15, 0.2) is 167 Å². The van der Waals surface area contributed by atoms with Gasteiger partial charge in [-0.2, -0.15) is 0 Å². The number of allylic oxidation sites excluding steroid dienone is 4. The molecular formula is C47H30N6O2. The highest BCUT2D eigenvalue weighted by Crippen LogP contribution is 2.37. The Balaban J connectivity index is 0.962. The molecular weight excluding hydrogens is 681 g/mol. The highest BCUT2D eigenvalue weighted by Gasteiger charge is 2.18. The molecule has 55 heavy (non-hydrogen) atoms. The van der Waals surface area contributed by atoms with Crippen molar-refractivity contribution in [3.8, 4) is 51.0 Å². The van der Waals surface area contributed by atoms with Crippen LogP contribution >= 0.6 is 0 Å². The fourth-order valence-electron chi connectivity index (χ4n) is 7.56. The predicted octanol–water partition coefficient (Wildman–Crippen LogP) is 11.7. The maximum atomic E-state index is 6.45. The van der Waals surface area contributed by atoms with Crippen LogP contribution in [0.2, 0.25) is 0 Å². The number of fused-ring (bicyclic) bond motifs is 5. The standard InChI is InChI=1S/C47H30N6O2/c1-3-10-29(11-4-1)44-50-45(30-12-5-2-6-13-30)52-46(51-44)33-18-21-38-43(26-33)55-47(49-38)34-15-9-14-31(24-34)32-19-22-41-37(25-32)36-16-7-8-17-40(36)53(41)35-20-23-42-39(27-35)48-28-54-42/h1,3-5,7-28H,2,6H2. The second-order valence-electron chi connectivity index (χ2n) is 13.7. The molecule has 4 aromatic heterocycles. The smallest absolute Gasteiger partial charge is 0.227 e. The van der Waals surface area contributed by atoms with Crippen molar-refractivity contribution >= 4 is 49.6 Å². The highest BCUT2D eigenvalue weighted by molar-refractivity contribution is 6.10. The summed E-state index contributed by atoms with van der Waals surface area (Å²) >= 11 is 0. The summed E-state index contributed by atoms with van der Waals surface area (Å²) in [6, 6.07) is 45.6. The molecule has 260 valence electrons. The quantitative estimate of drug-likeness (QED) is 0.169. The van der Waals surface area contributed by atoms with Crippen molar-refractivity contribution in [3.63, 3.8) is 0 Å². The molecule has 6 aromatic carbocycles. The van der Waals surface area contributed by atoms with Crippen LogP contribution in [0.1, 0.15) is 18.7 Å². The zero-order valence-electron chi connectivity index (χ0n) is 29.4. The number of aromatic nitrogens is 6. The molecule has 8 heteroatoms. The van der Waals surface area contributed by atoms with Gasteiger partial charge in [-0.25, -0.2) is 24.9 Å². The van der Waals surface area contributed by atoms with Gasteiger partial charge in [-0.1, -0.05) is 85.0 Å². The van der Waals surface area contributed by atoms with Gasteiger partial charge in [-0.3, -0.25) is 0 Å². The summed E-state index contributed by atoms with van der Waals surface area (Å²) in [6.45, 7) is 0. The van der Waals surface area contributed by atoms with E-state index in [1.165, 1.54) is 17.2 Å². The molecule has 0 saturated heterocycles. The molecule has 0 bridgehead atoms. The molecule has 0 atom stereocenters. The third-order valence-electron chi connectivity index (χ3n) is 10.3. The topological polar surface area (TPSA) is 95.7 Å². The number of benzene rings is 6. The lowest BCUT2D eigenvalue weighted by Crippen LogP contribution is -2.03. The summed E-state index contributed by atoms with van der Waals surface area (Å²) in [5, 5.41) is 2.35. The Morgan fingerprint density at radius 2 is 1.29 bits per heavy atom. The molecule has 0 N–H and O–H groups in total. The van der Waals surface area contributed by atoms with Gasteiger partial charge in [0.2, 0.25) is 5.89 Å². The molecule has 0 saturated carbocycles. The average Bonchev–Trinajstić information content (AvgIpc) is 3.99. The van der Waals surface area contributed by atoms with Crippen molar-refractivity contribution in [1.82, 2.24) is 29.5 Å². The lowest BCUT2D eigenvalue weighted by Gasteiger charge is -2.10. The zero-order chi connectivity index (χ0) is 36.3. The minimum Gasteiger partial charge on any atom is -0.443 e. The van der Waals surface area contributed by atoms with Crippen molar-refractivity contribution in [1.29, 1.82) is 0 Å². The minimum absolute atomic E-state index is 0.550. The lowest BCUT2D eigenvalue weighted by atomic mass is 10.0. The van der Waals surface area contributed by atoms with Crippen LogP contribution in [0.3, 0.4) is 0 Å². The van der Waals surface area contributed by atoms with Crippen molar-refractivity contribution in [2.75, 3.05) is 0 Å². The van der Waals surface area contributed by atoms with Crippen LogP contribution in [-0.2, 0) is 0 Å². The van der Waals surface area contributed by atoms with Crippen molar-refractivity contribution in [2.24, 2.45) is 0 Å². The third-order valence-corrected chi connectivity index (χ3v) is 10.3. The van der Waals surface area contributed by atoms with E-state index in [-0.39, 0.29) is 0 Å². The molecule has 0 spiro atoms. The Hall–Kier alpha value is -7.45. The van der Waals surface area contributed by atoms with E-state index in [4.69, 9.17) is 28.8 Å². The van der Waals surface area contributed by atoms with Crippen LogP contribution < -0.4 is 0 Å². The van der Waals surface area contributed by atoms with Crippen LogP contribution in [0.5, 0.6) is 0 Å². The molecule has 0 fully saturated rings. The third kappa shape index (κ3) is 5.42. The van der Waals surface area contributed by atoms with Gasteiger partial charge >= 0.3 is 0 Å². The molecule has 0 radical (unpaired) electrons. The second kappa shape index (κ2) is 12.6. The van der Waals surface area contributed by atoms with Gasteiger partial charge in [-0.05, 0) is 90.7 Å². The fraction of sp³-hybridized carbons (Fsp3) is 0.0426. The molecule has 0 unspecified atom stereocenters. The van der Waals surface area contributed by atoms with Crippen molar-refractivity contribution < 1.29 is 8.83 Å². The first-order valence-corrected chi connectivity index (χ1v) is 18.3. The number of hydrogen-bond donors (Lipinski definition) is 0. The van der Waals surface area contributed by atoms with Crippen LogP contribution in [0, 0.1) is 0 Å². The van der Waals surface area contributed by atoms with Gasteiger partial charge in [0.1, 0.15) is 11.0 Å². The molecule has 10 aromatic rings. The molecule has 11 rings (SSSR count). The van der Waals surface area contributed by atoms with E-state index in [9.17, 15) is 0 Å². The van der Waals surface area contributed by atoms with E-state index in [1.807, 2.05) is 60.7 Å². The monoisotopic (exact) mass is 710 g/mol. The van der Waals surface area contributed by atoms with Gasteiger partial charge in [-0.15, -0.1) is 0 Å². The van der Waals surface area contributed by atoms with Crippen LogP contribution in [-0.4, -0.2) is 29.5 Å². The Morgan fingerprint density at radius 3 is 2.20 bits per heavy atom. The van der Waals surface area contributed by atoms with Crippen molar-refractivity contribution in [2.45, 2.75) is 12.8 Å². The van der Waals surface area contributed by atoms with E-state index in [0.717, 1.165) is 79.6 Å². The number of oxazole rings is 2. The van der Waals surface area contributed by atoms with E-state index in [2.05, 4.69) is 101 Å². The summed E-state index contributed by atoms with van der Waals surface area (Å²) < 4.78 is 14.3. The Labute approximate surface area is 314 Å². The number of nitrogens with zero attached hydrogens (tertiary/aromatic N) is 6. The second-order valence-corrected chi connectivity index (χ2v) is 13.7. The molecule has 1 aliphatic carbocycles. The summed E-state index contributed by atoms with van der Waals surface area (Å²) in [4.78, 5) is 24.0. The van der Waals surface area contributed by atoms with Gasteiger partial charge in [0.05, 0.1) is 11.0 Å². The SMILES string of the molecule is C1=CC(c2nc(-c3ccccc3)nc(-c3ccc4nc(-c5cccc(-c6ccc7c(c6)c6ccccc6n7-c6ccc7ocnc7c6)c5)oc4c3)n2)=CCC1. The van der Waals surface area contributed by atoms with E-state index < -0.39 is 0 Å². The maximum Gasteiger partial charge on any atom is 0.227 e. The van der Waals surface area contributed by atoms with Crippen LogP contribution in [0.25, 0.3) is 101 Å².